The van der Waals surface area contributed by atoms with E-state index >= 15 is 0 Å². The number of nitrogens with one attached hydrogen (secondary N) is 2. The first-order valence-electron chi connectivity index (χ1n) is 5.98. The normalized spacial score (nSPS) is 10.4. The summed E-state index contributed by atoms with van der Waals surface area (Å²) in [6, 6.07) is 7.31. The molecule has 2 aromatic heterocycles. The molecule has 20 heavy (non-hydrogen) atoms. The predicted octanol–water partition coefficient (Wildman–Crippen LogP) is 1.46. The Morgan fingerprint density at radius 2 is 2.25 bits per heavy atom. The summed E-state index contributed by atoms with van der Waals surface area (Å²) in [7, 11) is 1.85. The van der Waals surface area contributed by atoms with Crippen molar-refractivity contribution in [2.75, 3.05) is 5.32 Å². The zero-order valence-electron chi connectivity index (χ0n) is 10.7. The van der Waals surface area contributed by atoms with Gasteiger partial charge >= 0.3 is 0 Å². The van der Waals surface area contributed by atoms with Crippen LogP contribution in [0.5, 0.6) is 0 Å². The number of aromatic amines is 1. The smallest absolute Gasteiger partial charge is 0.258 e. The Morgan fingerprint density at radius 1 is 1.35 bits per heavy atom. The van der Waals surface area contributed by atoms with E-state index in [0.717, 1.165) is 11.1 Å². The average molecular weight is 268 g/mol. The summed E-state index contributed by atoms with van der Waals surface area (Å²) < 4.78 is 1.72. The highest BCUT2D eigenvalue weighted by Gasteiger charge is 2.09. The third-order valence-corrected chi connectivity index (χ3v) is 2.81. The Balaban J connectivity index is 1.85. The topological polar surface area (TPSA) is 88.5 Å². The molecule has 3 aromatic rings. The molecule has 0 fully saturated rings. The standard InChI is InChI=1S/C13H12N6O/c1-19-7-11(6-16-19)9-3-2-4-10(5-9)12(20)17-13-14-8-15-18-13/h2-8H,1H3,(H2,14,15,17,18,20). The molecule has 0 radical (unpaired) electrons. The maximum Gasteiger partial charge on any atom is 0.258 e. The highest BCUT2D eigenvalue weighted by atomic mass is 16.1. The molecule has 100 valence electrons. The number of anilines is 1. The van der Waals surface area contributed by atoms with E-state index in [1.807, 2.05) is 31.4 Å². The molecule has 0 spiro atoms. The first-order valence-corrected chi connectivity index (χ1v) is 5.98. The molecule has 7 heteroatoms. The van der Waals surface area contributed by atoms with Crippen LogP contribution >= 0.6 is 0 Å². The van der Waals surface area contributed by atoms with Gasteiger partial charge in [0.15, 0.2) is 0 Å². The van der Waals surface area contributed by atoms with E-state index in [4.69, 9.17) is 0 Å². The molecule has 1 amide bonds. The van der Waals surface area contributed by atoms with Crippen LogP contribution in [0.1, 0.15) is 10.4 Å². The third kappa shape index (κ3) is 2.41. The van der Waals surface area contributed by atoms with Crippen LogP contribution in [0.25, 0.3) is 11.1 Å². The summed E-state index contributed by atoms with van der Waals surface area (Å²) in [4.78, 5) is 15.9. The maximum absolute atomic E-state index is 12.1. The fraction of sp³-hybridized carbons (Fsp3) is 0.0769. The van der Waals surface area contributed by atoms with Gasteiger partial charge in [-0.1, -0.05) is 12.1 Å². The van der Waals surface area contributed by atoms with Crippen LogP contribution in [0.4, 0.5) is 5.95 Å². The van der Waals surface area contributed by atoms with E-state index in [0.29, 0.717) is 11.5 Å². The molecule has 0 aliphatic heterocycles. The summed E-state index contributed by atoms with van der Waals surface area (Å²) in [5.41, 5.74) is 2.44. The molecule has 0 bridgehead atoms. The molecule has 0 saturated heterocycles. The van der Waals surface area contributed by atoms with Crippen LogP contribution in [0.15, 0.2) is 43.0 Å². The Bertz CT molecular complexity index is 731. The van der Waals surface area contributed by atoms with Gasteiger partial charge in [-0.3, -0.25) is 14.8 Å². The second kappa shape index (κ2) is 4.96. The fourth-order valence-electron chi connectivity index (χ4n) is 1.86. The molecule has 0 aliphatic rings. The molecule has 0 aliphatic carbocycles. The van der Waals surface area contributed by atoms with Gasteiger partial charge in [-0.15, -0.1) is 0 Å². The molecular weight excluding hydrogens is 256 g/mol. The number of nitrogens with zero attached hydrogens (tertiary/aromatic N) is 4. The van der Waals surface area contributed by atoms with Crippen molar-refractivity contribution in [1.82, 2.24) is 25.0 Å². The zero-order chi connectivity index (χ0) is 13.9. The van der Waals surface area contributed by atoms with Crippen molar-refractivity contribution >= 4 is 11.9 Å². The first kappa shape index (κ1) is 12.1. The van der Waals surface area contributed by atoms with Gasteiger partial charge in [0.05, 0.1) is 6.20 Å². The number of aryl methyl sites for hydroxylation is 1. The monoisotopic (exact) mass is 268 g/mol. The van der Waals surface area contributed by atoms with Crippen LogP contribution in [-0.2, 0) is 7.05 Å². The number of carbonyl (C=O) groups excluding carboxylic acids is 1. The van der Waals surface area contributed by atoms with Crippen LogP contribution in [-0.4, -0.2) is 30.9 Å². The Labute approximate surface area is 114 Å². The predicted molar refractivity (Wildman–Crippen MR) is 73.0 cm³/mol. The molecule has 2 heterocycles. The summed E-state index contributed by atoms with van der Waals surface area (Å²) in [5.74, 6) is 0.0780. The van der Waals surface area contributed by atoms with Gasteiger partial charge in [0.25, 0.3) is 5.91 Å². The highest BCUT2D eigenvalue weighted by molar-refractivity contribution is 6.04. The Morgan fingerprint density at radius 3 is 2.95 bits per heavy atom. The number of aromatic nitrogens is 5. The second-order valence-corrected chi connectivity index (χ2v) is 4.27. The number of hydrogen-bond donors (Lipinski definition) is 2. The molecule has 2 N–H and O–H groups in total. The Hall–Kier alpha value is -2.96. The zero-order valence-corrected chi connectivity index (χ0v) is 10.7. The van der Waals surface area contributed by atoms with Gasteiger partial charge < -0.3 is 0 Å². The van der Waals surface area contributed by atoms with E-state index in [9.17, 15) is 4.79 Å². The average Bonchev–Trinajstić information content (AvgIpc) is 3.10. The van der Waals surface area contributed by atoms with E-state index in [-0.39, 0.29) is 5.91 Å². The number of carbonyl (C=O) groups is 1. The Kier molecular flexibility index (Phi) is 3.00. The van der Waals surface area contributed by atoms with Gasteiger partial charge in [0, 0.05) is 24.4 Å². The molecule has 1 aromatic carbocycles. The van der Waals surface area contributed by atoms with Gasteiger partial charge in [-0.05, 0) is 17.7 Å². The molecule has 0 atom stereocenters. The van der Waals surface area contributed by atoms with Crippen molar-refractivity contribution in [3.05, 3.63) is 48.5 Å². The molecular formula is C13H12N6O. The number of benzene rings is 1. The van der Waals surface area contributed by atoms with Crippen molar-refractivity contribution in [3.63, 3.8) is 0 Å². The number of rotatable bonds is 3. The molecule has 7 nitrogen and oxygen atoms in total. The van der Waals surface area contributed by atoms with Gasteiger partial charge in [-0.2, -0.15) is 15.2 Å². The summed E-state index contributed by atoms with van der Waals surface area (Å²) in [6.07, 6.45) is 4.99. The summed E-state index contributed by atoms with van der Waals surface area (Å²) >= 11 is 0. The van der Waals surface area contributed by atoms with Crippen LogP contribution in [0.2, 0.25) is 0 Å². The molecule has 0 unspecified atom stereocenters. The second-order valence-electron chi connectivity index (χ2n) is 4.27. The minimum Gasteiger partial charge on any atom is -0.291 e. The van der Waals surface area contributed by atoms with E-state index in [2.05, 4.69) is 25.6 Å². The van der Waals surface area contributed by atoms with Crippen molar-refractivity contribution in [3.8, 4) is 11.1 Å². The lowest BCUT2D eigenvalue weighted by atomic mass is 10.1. The fourth-order valence-corrected chi connectivity index (χ4v) is 1.86. The van der Waals surface area contributed by atoms with Gasteiger partial charge in [0.1, 0.15) is 6.33 Å². The van der Waals surface area contributed by atoms with Crippen molar-refractivity contribution in [1.29, 1.82) is 0 Å². The summed E-state index contributed by atoms with van der Waals surface area (Å²) in [6.45, 7) is 0. The van der Waals surface area contributed by atoms with E-state index in [1.54, 1.807) is 16.9 Å². The quantitative estimate of drug-likeness (QED) is 0.752. The molecule has 3 rings (SSSR count). The maximum atomic E-state index is 12.1. The highest BCUT2D eigenvalue weighted by Crippen LogP contribution is 2.19. The van der Waals surface area contributed by atoms with Crippen LogP contribution in [0, 0.1) is 0 Å². The minimum atomic E-state index is -0.243. The van der Waals surface area contributed by atoms with Crippen LogP contribution in [0.3, 0.4) is 0 Å². The number of hydrogen-bond acceptors (Lipinski definition) is 4. The SMILES string of the molecule is Cn1cc(-c2cccc(C(=O)Nc3ncn[nH]3)c2)cn1. The number of H-pyrrole nitrogens is 1. The van der Waals surface area contributed by atoms with Gasteiger partial charge in [0.2, 0.25) is 5.95 Å². The van der Waals surface area contributed by atoms with Crippen molar-refractivity contribution in [2.45, 2.75) is 0 Å². The van der Waals surface area contributed by atoms with Gasteiger partial charge in [-0.25, -0.2) is 5.10 Å². The minimum absolute atomic E-state index is 0.243. The first-order chi connectivity index (χ1) is 9.72. The lowest BCUT2D eigenvalue weighted by molar-refractivity contribution is 0.102. The summed E-state index contributed by atoms with van der Waals surface area (Å²) in [5, 5.41) is 13.0. The van der Waals surface area contributed by atoms with Crippen LogP contribution < -0.4 is 5.32 Å². The lowest BCUT2D eigenvalue weighted by Crippen LogP contribution is -2.12. The van der Waals surface area contributed by atoms with E-state index < -0.39 is 0 Å². The van der Waals surface area contributed by atoms with E-state index in [1.165, 1.54) is 6.33 Å². The third-order valence-electron chi connectivity index (χ3n) is 2.81. The number of amides is 1. The molecule has 0 saturated carbocycles. The van der Waals surface area contributed by atoms with Crippen molar-refractivity contribution < 1.29 is 4.79 Å². The lowest BCUT2D eigenvalue weighted by Gasteiger charge is -2.03. The largest absolute Gasteiger partial charge is 0.291 e. The van der Waals surface area contributed by atoms with Crippen molar-refractivity contribution in [2.24, 2.45) is 7.05 Å².